The molecule has 3 heteroatoms. The Morgan fingerprint density at radius 1 is 1.17 bits per heavy atom. The van der Waals surface area contributed by atoms with E-state index in [1.807, 2.05) is 42.5 Å². The molecule has 2 aliphatic rings. The van der Waals surface area contributed by atoms with E-state index in [1.165, 1.54) is 10.5 Å². The molecule has 0 aromatic heterocycles. The van der Waals surface area contributed by atoms with Gasteiger partial charge in [0.2, 0.25) is 0 Å². The predicted octanol–water partition coefficient (Wildman–Crippen LogP) is 2.95. The topological polar surface area (TPSA) is 44.1 Å². The molecule has 1 heterocycles. The van der Waals surface area contributed by atoms with Crippen LogP contribution in [0.25, 0.3) is 6.08 Å². The number of hydrogen-bond donors (Lipinski definition) is 0. The van der Waals surface area contributed by atoms with E-state index >= 15 is 0 Å². The van der Waals surface area contributed by atoms with Gasteiger partial charge in [0.05, 0.1) is 6.04 Å². The molecule has 18 heavy (non-hydrogen) atoms. The minimum absolute atomic E-state index is 0.0973. The van der Waals surface area contributed by atoms with Gasteiger partial charge in [0.15, 0.2) is 0 Å². The van der Waals surface area contributed by atoms with Crippen LogP contribution in [-0.2, 0) is 0 Å². The molecule has 1 N–H and O–H groups in total. The van der Waals surface area contributed by atoms with Gasteiger partial charge in [0, 0.05) is 12.1 Å². The van der Waals surface area contributed by atoms with Crippen molar-refractivity contribution in [3.05, 3.63) is 65.9 Å². The van der Waals surface area contributed by atoms with Crippen LogP contribution < -0.4 is 5.73 Å². The van der Waals surface area contributed by atoms with Gasteiger partial charge in [-0.1, -0.05) is 48.6 Å². The second kappa shape index (κ2) is 4.18. The summed E-state index contributed by atoms with van der Waals surface area (Å²) in [6, 6.07) is 7.34. The SMILES string of the molecule is [NH]C(=O)N1C=Cc2ccccc2C2C=CC=CC21. The predicted molar refractivity (Wildman–Crippen MR) is 70.6 cm³/mol. The fourth-order valence-electron chi connectivity index (χ4n) is 2.58. The third-order valence-corrected chi connectivity index (χ3v) is 3.43. The van der Waals surface area contributed by atoms with Crippen LogP contribution in [0.4, 0.5) is 4.79 Å². The Morgan fingerprint density at radius 3 is 2.78 bits per heavy atom. The second-order valence-electron chi connectivity index (χ2n) is 4.44. The van der Waals surface area contributed by atoms with Crippen molar-refractivity contribution in [2.75, 3.05) is 0 Å². The molecule has 3 rings (SSSR count). The number of amides is 2. The molecule has 0 spiro atoms. The molecule has 1 aromatic carbocycles. The minimum Gasteiger partial charge on any atom is -0.292 e. The van der Waals surface area contributed by atoms with E-state index in [1.54, 1.807) is 6.20 Å². The number of hydrogen-bond acceptors (Lipinski definition) is 1. The highest BCUT2D eigenvalue weighted by molar-refractivity contribution is 5.76. The van der Waals surface area contributed by atoms with Gasteiger partial charge in [-0.2, -0.15) is 0 Å². The van der Waals surface area contributed by atoms with E-state index in [2.05, 4.69) is 12.1 Å². The van der Waals surface area contributed by atoms with Crippen molar-refractivity contribution in [3.8, 4) is 0 Å². The van der Waals surface area contributed by atoms with Gasteiger partial charge in [0.25, 0.3) is 0 Å². The van der Waals surface area contributed by atoms with Crippen LogP contribution >= 0.6 is 0 Å². The van der Waals surface area contributed by atoms with Crippen molar-refractivity contribution in [2.24, 2.45) is 0 Å². The summed E-state index contributed by atoms with van der Waals surface area (Å²) in [5.74, 6) is 0.121. The largest absolute Gasteiger partial charge is 0.340 e. The number of nitrogens with zero attached hydrogens (tertiary/aromatic N) is 1. The van der Waals surface area contributed by atoms with Crippen molar-refractivity contribution in [3.63, 3.8) is 0 Å². The van der Waals surface area contributed by atoms with E-state index in [9.17, 15) is 4.79 Å². The number of carbonyl (C=O) groups excluding carboxylic acids is 1. The average Bonchev–Trinajstić information content (AvgIpc) is 2.56. The number of fused-ring (bicyclic) bond motifs is 3. The Labute approximate surface area is 106 Å². The molecule has 0 fully saturated rings. The standard InChI is InChI=1S/C15H13N2O/c16-15(18)17-10-9-11-5-1-2-6-12(11)13-7-3-4-8-14(13)17/h1-10,13-14,16H. The lowest BCUT2D eigenvalue weighted by molar-refractivity contribution is 0.213. The Balaban J connectivity index is 2.14. The molecule has 3 nitrogen and oxygen atoms in total. The molecule has 1 aliphatic carbocycles. The number of benzene rings is 1. The highest BCUT2D eigenvalue weighted by Crippen LogP contribution is 2.34. The first kappa shape index (κ1) is 10.8. The molecular formula is C15H13N2O. The minimum atomic E-state index is -0.672. The first-order valence-corrected chi connectivity index (χ1v) is 5.93. The van der Waals surface area contributed by atoms with Gasteiger partial charge in [-0.15, -0.1) is 0 Å². The van der Waals surface area contributed by atoms with Crippen LogP contribution in [0.1, 0.15) is 17.0 Å². The molecule has 1 radical (unpaired) electrons. The molecule has 0 saturated heterocycles. The Morgan fingerprint density at radius 2 is 1.94 bits per heavy atom. The smallest absolute Gasteiger partial charge is 0.292 e. The fourth-order valence-corrected chi connectivity index (χ4v) is 2.58. The number of urea groups is 1. The van der Waals surface area contributed by atoms with E-state index in [0.717, 1.165) is 5.56 Å². The summed E-state index contributed by atoms with van der Waals surface area (Å²) >= 11 is 0. The molecular weight excluding hydrogens is 224 g/mol. The van der Waals surface area contributed by atoms with Gasteiger partial charge < -0.3 is 0 Å². The maximum atomic E-state index is 11.4. The van der Waals surface area contributed by atoms with Crippen LogP contribution in [0.3, 0.4) is 0 Å². The molecule has 89 valence electrons. The van der Waals surface area contributed by atoms with E-state index in [-0.39, 0.29) is 12.0 Å². The van der Waals surface area contributed by atoms with Gasteiger partial charge in [-0.05, 0) is 17.2 Å². The lowest BCUT2D eigenvalue weighted by atomic mass is 9.86. The Kier molecular flexibility index (Phi) is 2.52. The van der Waals surface area contributed by atoms with Crippen LogP contribution in [0.15, 0.2) is 54.8 Å². The number of carbonyl (C=O) groups is 1. The number of allylic oxidation sites excluding steroid dienone is 2. The van der Waals surface area contributed by atoms with Crippen LogP contribution in [0, 0.1) is 0 Å². The average molecular weight is 237 g/mol. The zero-order valence-corrected chi connectivity index (χ0v) is 9.78. The van der Waals surface area contributed by atoms with Gasteiger partial charge in [-0.25, -0.2) is 10.5 Å². The summed E-state index contributed by atoms with van der Waals surface area (Å²) in [4.78, 5) is 12.9. The normalized spacial score (nSPS) is 24.3. The third-order valence-electron chi connectivity index (χ3n) is 3.43. The van der Waals surface area contributed by atoms with Crippen molar-refractivity contribution >= 4 is 12.1 Å². The Hall–Kier alpha value is -2.29. The summed E-state index contributed by atoms with van der Waals surface area (Å²) in [7, 11) is 0. The molecule has 2 unspecified atom stereocenters. The molecule has 2 amide bonds. The van der Waals surface area contributed by atoms with Gasteiger partial charge in [0.1, 0.15) is 0 Å². The lowest BCUT2D eigenvalue weighted by Gasteiger charge is -2.30. The van der Waals surface area contributed by atoms with Gasteiger partial charge in [-0.3, -0.25) is 4.90 Å². The maximum absolute atomic E-state index is 11.4. The second-order valence-corrected chi connectivity index (χ2v) is 4.44. The molecule has 1 aromatic rings. The summed E-state index contributed by atoms with van der Waals surface area (Å²) in [6.07, 6.45) is 11.6. The molecule has 1 aliphatic heterocycles. The van der Waals surface area contributed by atoms with Crippen LogP contribution in [0.5, 0.6) is 0 Å². The van der Waals surface area contributed by atoms with Crippen molar-refractivity contribution in [1.29, 1.82) is 0 Å². The quantitative estimate of drug-likeness (QED) is 0.684. The monoisotopic (exact) mass is 237 g/mol. The zero-order chi connectivity index (χ0) is 12.5. The van der Waals surface area contributed by atoms with E-state index in [4.69, 9.17) is 5.73 Å². The third kappa shape index (κ3) is 1.64. The highest BCUT2D eigenvalue weighted by atomic mass is 16.2. The van der Waals surface area contributed by atoms with Crippen molar-refractivity contribution < 1.29 is 4.79 Å². The highest BCUT2D eigenvalue weighted by Gasteiger charge is 2.30. The fraction of sp³-hybridized carbons (Fsp3) is 0.133. The van der Waals surface area contributed by atoms with Crippen molar-refractivity contribution in [2.45, 2.75) is 12.0 Å². The summed E-state index contributed by atoms with van der Waals surface area (Å²) in [6.45, 7) is 0. The Bertz CT molecular complexity index is 572. The summed E-state index contributed by atoms with van der Waals surface area (Å²) in [5, 5.41) is 0. The first-order valence-electron chi connectivity index (χ1n) is 5.93. The van der Waals surface area contributed by atoms with E-state index in [0.29, 0.717) is 0 Å². The first-order chi connectivity index (χ1) is 8.77. The van der Waals surface area contributed by atoms with E-state index < -0.39 is 6.03 Å². The molecule has 0 saturated carbocycles. The lowest BCUT2D eigenvalue weighted by Crippen LogP contribution is -2.38. The molecule has 2 atom stereocenters. The zero-order valence-electron chi connectivity index (χ0n) is 9.78. The van der Waals surface area contributed by atoms with Crippen LogP contribution in [-0.4, -0.2) is 17.0 Å². The van der Waals surface area contributed by atoms with Gasteiger partial charge >= 0.3 is 6.03 Å². The van der Waals surface area contributed by atoms with Crippen molar-refractivity contribution in [1.82, 2.24) is 10.6 Å². The summed E-state index contributed by atoms with van der Waals surface area (Å²) < 4.78 is 0. The summed E-state index contributed by atoms with van der Waals surface area (Å²) in [5.41, 5.74) is 9.68. The number of nitrogens with one attached hydrogen (secondary N) is 1. The number of rotatable bonds is 0. The van der Waals surface area contributed by atoms with Crippen LogP contribution in [0.2, 0.25) is 0 Å². The molecule has 0 bridgehead atoms. The maximum Gasteiger partial charge on any atom is 0.340 e.